The standard InChI is InChI=1S/C16H19N7O3/c1-26-12-8-10(14(17)24)7-11-13(12)23(15(18)21-11)5-2-3-20-16(25)22-6-4-19-9-22/h4,6-9H,2-3,5H2,1H3,(H2,17,24)(H2,18,21)(H,20,25). The lowest BCUT2D eigenvalue weighted by Gasteiger charge is -2.11. The fourth-order valence-corrected chi connectivity index (χ4v) is 2.68. The number of carbonyl (C=O) groups excluding carboxylic acids is 2. The Kier molecular flexibility index (Phi) is 4.74. The van der Waals surface area contributed by atoms with Crippen LogP contribution in [0.25, 0.3) is 11.0 Å². The molecule has 0 fully saturated rings. The molecule has 0 unspecified atom stereocenters. The fraction of sp³-hybridized carbons (Fsp3) is 0.250. The zero-order valence-electron chi connectivity index (χ0n) is 14.2. The van der Waals surface area contributed by atoms with E-state index in [1.807, 2.05) is 0 Å². The zero-order chi connectivity index (χ0) is 18.7. The van der Waals surface area contributed by atoms with Gasteiger partial charge in [0.1, 0.15) is 17.6 Å². The maximum atomic E-state index is 11.9. The van der Waals surface area contributed by atoms with Crippen molar-refractivity contribution in [3.05, 3.63) is 36.4 Å². The fourth-order valence-electron chi connectivity index (χ4n) is 2.68. The minimum atomic E-state index is -0.569. The van der Waals surface area contributed by atoms with Crippen molar-refractivity contribution in [1.29, 1.82) is 0 Å². The van der Waals surface area contributed by atoms with E-state index in [4.69, 9.17) is 16.2 Å². The number of ether oxygens (including phenoxy) is 1. The number of primary amides is 1. The van der Waals surface area contributed by atoms with Crippen LogP contribution in [0, 0.1) is 0 Å². The normalized spacial score (nSPS) is 10.8. The molecule has 0 saturated carbocycles. The van der Waals surface area contributed by atoms with Crippen LogP contribution >= 0.6 is 0 Å². The number of carbonyl (C=O) groups is 2. The van der Waals surface area contributed by atoms with Crippen molar-refractivity contribution >= 4 is 28.9 Å². The minimum Gasteiger partial charge on any atom is -0.494 e. The highest BCUT2D eigenvalue weighted by atomic mass is 16.5. The van der Waals surface area contributed by atoms with E-state index in [0.29, 0.717) is 47.8 Å². The van der Waals surface area contributed by atoms with Gasteiger partial charge in [-0.15, -0.1) is 0 Å². The Bertz CT molecular complexity index is 947. The first-order valence-corrected chi connectivity index (χ1v) is 7.91. The molecule has 0 aliphatic carbocycles. The molecule has 3 aromatic rings. The van der Waals surface area contributed by atoms with E-state index in [0.717, 1.165) is 0 Å². The zero-order valence-corrected chi connectivity index (χ0v) is 14.2. The van der Waals surface area contributed by atoms with E-state index in [1.165, 1.54) is 24.2 Å². The number of aromatic nitrogens is 4. The van der Waals surface area contributed by atoms with Crippen LogP contribution in [-0.4, -0.2) is 44.7 Å². The molecular formula is C16H19N7O3. The highest BCUT2D eigenvalue weighted by Gasteiger charge is 2.16. The number of methoxy groups -OCH3 is 1. The summed E-state index contributed by atoms with van der Waals surface area (Å²) in [5.41, 5.74) is 12.8. The van der Waals surface area contributed by atoms with Crippen LogP contribution in [-0.2, 0) is 6.54 Å². The molecule has 1 aromatic carbocycles. The van der Waals surface area contributed by atoms with Crippen LogP contribution in [0.3, 0.4) is 0 Å². The van der Waals surface area contributed by atoms with Gasteiger partial charge < -0.3 is 26.1 Å². The summed E-state index contributed by atoms with van der Waals surface area (Å²) >= 11 is 0. The van der Waals surface area contributed by atoms with Crippen molar-refractivity contribution in [3.8, 4) is 5.75 Å². The SMILES string of the molecule is COc1cc(C(N)=O)cc2nc(N)n(CCCNC(=O)n3ccnc3)c12. The van der Waals surface area contributed by atoms with E-state index in [9.17, 15) is 9.59 Å². The molecule has 2 aromatic heterocycles. The van der Waals surface area contributed by atoms with Gasteiger partial charge in [-0.05, 0) is 18.6 Å². The minimum absolute atomic E-state index is 0.255. The summed E-state index contributed by atoms with van der Waals surface area (Å²) in [5.74, 6) is 0.185. The lowest BCUT2D eigenvalue weighted by Crippen LogP contribution is -2.29. The van der Waals surface area contributed by atoms with Crippen LogP contribution in [0.1, 0.15) is 16.8 Å². The maximum Gasteiger partial charge on any atom is 0.326 e. The first-order chi connectivity index (χ1) is 12.5. The van der Waals surface area contributed by atoms with Gasteiger partial charge >= 0.3 is 6.03 Å². The van der Waals surface area contributed by atoms with E-state index >= 15 is 0 Å². The summed E-state index contributed by atoms with van der Waals surface area (Å²) in [7, 11) is 1.50. The van der Waals surface area contributed by atoms with Crippen molar-refractivity contribution in [2.45, 2.75) is 13.0 Å². The van der Waals surface area contributed by atoms with Gasteiger partial charge in [0.2, 0.25) is 11.9 Å². The molecule has 10 nitrogen and oxygen atoms in total. The summed E-state index contributed by atoms with van der Waals surface area (Å²) in [6, 6.07) is 2.88. The van der Waals surface area contributed by atoms with Gasteiger partial charge in [-0.25, -0.2) is 14.8 Å². The molecule has 0 bridgehead atoms. The Balaban J connectivity index is 1.74. The monoisotopic (exact) mass is 357 g/mol. The van der Waals surface area contributed by atoms with E-state index in [-0.39, 0.29) is 6.03 Å². The second-order valence-corrected chi connectivity index (χ2v) is 5.59. The molecule has 0 saturated heterocycles. The number of amides is 2. The molecule has 136 valence electrons. The lowest BCUT2D eigenvalue weighted by atomic mass is 10.1. The number of nitrogens with one attached hydrogen (secondary N) is 1. The molecule has 10 heteroatoms. The Morgan fingerprint density at radius 1 is 1.35 bits per heavy atom. The highest BCUT2D eigenvalue weighted by Crippen LogP contribution is 2.29. The van der Waals surface area contributed by atoms with Gasteiger partial charge in [0.05, 0.1) is 12.6 Å². The van der Waals surface area contributed by atoms with Crippen molar-refractivity contribution in [3.63, 3.8) is 0 Å². The van der Waals surface area contributed by atoms with Crippen molar-refractivity contribution in [2.24, 2.45) is 5.73 Å². The van der Waals surface area contributed by atoms with Crippen LogP contribution in [0.15, 0.2) is 30.9 Å². The number of benzene rings is 1. The molecule has 0 aliphatic heterocycles. The molecule has 0 atom stereocenters. The second-order valence-electron chi connectivity index (χ2n) is 5.59. The van der Waals surface area contributed by atoms with Crippen molar-refractivity contribution in [1.82, 2.24) is 24.4 Å². The Morgan fingerprint density at radius 2 is 2.15 bits per heavy atom. The number of imidazole rings is 2. The quantitative estimate of drug-likeness (QED) is 0.550. The molecule has 26 heavy (non-hydrogen) atoms. The smallest absolute Gasteiger partial charge is 0.326 e. The van der Waals surface area contributed by atoms with Crippen LogP contribution in [0.4, 0.5) is 10.7 Å². The molecule has 0 radical (unpaired) electrons. The number of hydrogen-bond donors (Lipinski definition) is 3. The summed E-state index contributed by atoms with van der Waals surface area (Å²) in [5, 5.41) is 2.78. The van der Waals surface area contributed by atoms with E-state index in [1.54, 1.807) is 22.9 Å². The molecule has 2 amide bonds. The molecular weight excluding hydrogens is 338 g/mol. The summed E-state index contributed by atoms with van der Waals surface area (Å²) in [4.78, 5) is 31.4. The van der Waals surface area contributed by atoms with Gasteiger partial charge in [-0.2, -0.15) is 0 Å². The van der Waals surface area contributed by atoms with Gasteiger partial charge in [0.25, 0.3) is 0 Å². The summed E-state index contributed by atoms with van der Waals surface area (Å²) in [6.07, 6.45) is 5.15. The molecule has 0 aliphatic rings. The number of fused-ring (bicyclic) bond motifs is 1. The molecule has 0 spiro atoms. The Morgan fingerprint density at radius 3 is 2.81 bits per heavy atom. The summed E-state index contributed by atoms with van der Waals surface area (Å²) < 4.78 is 8.50. The number of anilines is 1. The van der Waals surface area contributed by atoms with Crippen LogP contribution in [0.5, 0.6) is 5.75 Å². The lowest BCUT2D eigenvalue weighted by molar-refractivity contribution is 0.1000. The topological polar surface area (TPSA) is 143 Å². The molecule has 2 heterocycles. The number of rotatable bonds is 6. The third kappa shape index (κ3) is 3.29. The largest absolute Gasteiger partial charge is 0.494 e. The van der Waals surface area contributed by atoms with Gasteiger partial charge in [-0.3, -0.25) is 9.36 Å². The molecule has 3 rings (SSSR count). The number of nitrogen functional groups attached to an aromatic ring is 1. The number of nitrogens with zero attached hydrogens (tertiary/aromatic N) is 4. The highest BCUT2D eigenvalue weighted by molar-refractivity contribution is 5.98. The first-order valence-electron chi connectivity index (χ1n) is 7.91. The third-order valence-electron chi connectivity index (χ3n) is 3.91. The average Bonchev–Trinajstić information content (AvgIpc) is 3.25. The number of hydrogen-bond acceptors (Lipinski definition) is 6. The first kappa shape index (κ1) is 17.3. The van der Waals surface area contributed by atoms with Crippen molar-refractivity contribution < 1.29 is 14.3 Å². The van der Waals surface area contributed by atoms with Gasteiger partial charge in [0.15, 0.2) is 0 Å². The number of nitrogens with two attached hydrogens (primary N) is 2. The average molecular weight is 357 g/mol. The van der Waals surface area contributed by atoms with Gasteiger partial charge in [0, 0.05) is 31.0 Å². The maximum absolute atomic E-state index is 11.9. The Hall–Kier alpha value is -3.56. The number of aryl methyl sites for hydroxylation is 1. The second kappa shape index (κ2) is 7.13. The predicted octanol–water partition coefficient (Wildman–Crippen LogP) is 0.570. The van der Waals surface area contributed by atoms with E-state index in [2.05, 4.69) is 15.3 Å². The predicted molar refractivity (Wildman–Crippen MR) is 94.9 cm³/mol. The Labute approximate surface area is 148 Å². The van der Waals surface area contributed by atoms with E-state index < -0.39 is 5.91 Å². The van der Waals surface area contributed by atoms with Crippen molar-refractivity contribution in [2.75, 3.05) is 19.4 Å². The van der Waals surface area contributed by atoms with Gasteiger partial charge in [-0.1, -0.05) is 0 Å². The van der Waals surface area contributed by atoms with Crippen LogP contribution in [0.2, 0.25) is 0 Å². The third-order valence-corrected chi connectivity index (χ3v) is 3.91. The summed E-state index contributed by atoms with van der Waals surface area (Å²) in [6.45, 7) is 0.955. The van der Waals surface area contributed by atoms with Crippen LogP contribution < -0.4 is 21.5 Å². The molecule has 5 N–H and O–H groups in total.